The maximum Gasteiger partial charge on any atom is 0.306 e. The largest absolute Gasteiger partial charge is 0.306 e. The van der Waals surface area contributed by atoms with Gasteiger partial charge in [0.05, 0.1) is 4.92 Å². The van der Waals surface area contributed by atoms with Crippen LogP contribution < -0.4 is 0 Å². The molecule has 0 aliphatic rings. The van der Waals surface area contributed by atoms with E-state index in [1.807, 2.05) is 0 Å². The van der Waals surface area contributed by atoms with Gasteiger partial charge in [0.15, 0.2) is 0 Å². The van der Waals surface area contributed by atoms with Crippen molar-refractivity contribution in [2.75, 3.05) is 5.33 Å². The van der Waals surface area contributed by atoms with Crippen molar-refractivity contribution < 1.29 is 4.92 Å². The summed E-state index contributed by atoms with van der Waals surface area (Å²) in [6, 6.07) is 0. The molecule has 1 aromatic rings. The van der Waals surface area contributed by atoms with Crippen molar-refractivity contribution in [3.63, 3.8) is 0 Å². The lowest BCUT2D eigenvalue weighted by molar-refractivity contribution is -0.385. The minimum absolute atomic E-state index is 0.0504. The standard InChI is InChI=1S/C8H12BrN3O2/c1-2-7(3-9)5-11-6-8(4-10-11)12(13)14/h4,6-7H,2-3,5H2,1H3. The summed E-state index contributed by atoms with van der Waals surface area (Å²) >= 11 is 3.39. The molecule has 0 aliphatic carbocycles. The van der Waals surface area contributed by atoms with Gasteiger partial charge in [-0.25, -0.2) is 0 Å². The summed E-state index contributed by atoms with van der Waals surface area (Å²) in [7, 11) is 0. The Morgan fingerprint density at radius 1 is 1.79 bits per heavy atom. The molecule has 6 heteroatoms. The highest BCUT2D eigenvalue weighted by atomic mass is 79.9. The van der Waals surface area contributed by atoms with Gasteiger partial charge in [-0.15, -0.1) is 0 Å². The van der Waals surface area contributed by atoms with Crippen LogP contribution in [0.15, 0.2) is 12.4 Å². The molecular weight excluding hydrogens is 250 g/mol. The third-order valence-electron chi connectivity index (χ3n) is 2.07. The van der Waals surface area contributed by atoms with Crippen molar-refractivity contribution >= 4 is 21.6 Å². The van der Waals surface area contributed by atoms with Crippen LogP contribution in [0.4, 0.5) is 5.69 Å². The number of hydrogen-bond acceptors (Lipinski definition) is 3. The van der Waals surface area contributed by atoms with E-state index in [2.05, 4.69) is 28.0 Å². The first-order valence-corrected chi connectivity index (χ1v) is 5.52. The zero-order valence-corrected chi connectivity index (χ0v) is 9.48. The molecule has 1 unspecified atom stereocenters. The zero-order chi connectivity index (χ0) is 10.6. The van der Waals surface area contributed by atoms with Gasteiger partial charge >= 0.3 is 5.69 Å². The summed E-state index contributed by atoms with van der Waals surface area (Å²) in [5.74, 6) is 0.467. The fraction of sp³-hybridized carbons (Fsp3) is 0.625. The Kier molecular flexibility index (Phi) is 4.06. The van der Waals surface area contributed by atoms with Gasteiger partial charge in [0.1, 0.15) is 12.4 Å². The first kappa shape index (κ1) is 11.2. The Morgan fingerprint density at radius 3 is 2.93 bits per heavy atom. The minimum Gasteiger partial charge on any atom is -0.265 e. The van der Waals surface area contributed by atoms with Crippen molar-refractivity contribution in [1.82, 2.24) is 9.78 Å². The van der Waals surface area contributed by atoms with Crippen molar-refractivity contribution in [3.8, 4) is 0 Å². The molecule has 1 heterocycles. The van der Waals surface area contributed by atoms with E-state index in [1.54, 1.807) is 4.68 Å². The van der Waals surface area contributed by atoms with Gasteiger partial charge in [-0.05, 0) is 5.92 Å². The number of nitrogens with zero attached hydrogens (tertiary/aromatic N) is 3. The predicted octanol–water partition coefficient (Wildman–Crippen LogP) is 2.21. The summed E-state index contributed by atoms with van der Waals surface area (Å²) in [4.78, 5) is 9.95. The predicted molar refractivity (Wildman–Crippen MR) is 56.5 cm³/mol. The molecule has 0 amide bonds. The molecule has 0 aromatic carbocycles. The molecular formula is C8H12BrN3O2. The Morgan fingerprint density at radius 2 is 2.50 bits per heavy atom. The smallest absolute Gasteiger partial charge is 0.265 e. The van der Waals surface area contributed by atoms with Gasteiger partial charge in [-0.1, -0.05) is 29.3 Å². The third-order valence-corrected chi connectivity index (χ3v) is 2.99. The molecule has 0 saturated heterocycles. The van der Waals surface area contributed by atoms with E-state index in [4.69, 9.17) is 0 Å². The maximum atomic E-state index is 10.4. The van der Waals surface area contributed by atoms with E-state index in [1.165, 1.54) is 12.4 Å². The molecule has 0 N–H and O–H groups in total. The van der Waals surface area contributed by atoms with Crippen molar-refractivity contribution in [2.45, 2.75) is 19.9 Å². The molecule has 0 saturated carbocycles. The van der Waals surface area contributed by atoms with Crippen LogP contribution in [0.3, 0.4) is 0 Å². The second-order valence-electron chi connectivity index (χ2n) is 3.11. The van der Waals surface area contributed by atoms with Crippen LogP contribution in [-0.4, -0.2) is 20.0 Å². The Labute approximate surface area is 90.4 Å². The van der Waals surface area contributed by atoms with E-state index in [-0.39, 0.29) is 5.69 Å². The second-order valence-corrected chi connectivity index (χ2v) is 3.75. The van der Waals surface area contributed by atoms with E-state index in [0.29, 0.717) is 5.92 Å². The van der Waals surface area contributed by atoms with Gasteiger partial charge in [0.2, 0.25) is 0 Å². The molecule has 1 aromatic heterocycles. The molecule has 78 valence electrons. The molecule has 0 spiro atoms. The SMILES string of the molecule is CCC(CBr)Cn1cc([N+](=O)[O-])cn1. The summed E-state index contributed by atoms with van der Waals surface area (Å²) in [5, 5.41) is 15.2. The first-order valence-electron chi connectivity index (χ1n) is 4.40. The summed E-state index contributed by atoms with van der Waals surface area (Å²) in [5.41, 5.74) is 0.0504. The number of alkyl halides is 1. The summed E-state index contributed by atoms with van der Waals surface area (Å²) < 4.78 is 1.62. The van der Waals surface area contributed by atoms with E-state index in [0.717, 1.165) is 18.3 Å². The lowest BCUT2D eigenvalue weighted by atomic mass is 10.1. The first-order chi connectivity index (χ1) is 6.67. The molecule has 1 atom stereocenters. The highest BCUT2D eigenvalue weighted by molar-refractivity contribution is 9.09. The van der Waals surface area contributed by atoms with Gasteiger partial charge < -0.3 is 0 Å². The van der Waals surface area contributed by atoms with E-state index >= 15 is 0 Å². The Hall–Kier alpha value is -0.910. The normalized spacial score (nSPS) is 12.7. The molecule has 0 bridgehead atoms. The molecule has 5 nitrogen and oxygen atoms in total. The van der Waals surface area contributed by atoms with Crippen LogP contribution >= 0.6 is 15.9 Å². The van der Waals surface area contributed by atoms with Crippen LogP contribution in [0.2, 0.25) is 0 Å². The van der Waals surface area contributed by atoms with Crippen LogP contribution in [0.25, 0.3) is 0 Å². The van der Waals surface area contributed by atoms with Crippen molar-refractivity contribution in [2.24, 2.45) is 5.92 Å². The van der Waals surface area contributed by atoms with Crippen molar-refractivity contribution in [3.05, 3.63) is 22.5 Å². The van der Waals surface area contributed by atoms with Crippen LogP contribution in [0.5, 0.6) is 0 Å². The Bertz CT molecular complexity index is 309. The molecule has 14 heavy (non-hydrogen) atoms. The monoisotopic (exact) mass is 261 g/mol. The highest BCUT2D eigenvalue weighted by Crippen LogP contribution is 2.13. The highest BCUT2D eigenvalue weighted by Gasteiger charge is 2.11. The third kappa shape index (κ3) is 2.80. The molecule has 1 rings (SSSR count). The fourth-order valence-corrected chi connectivity index (χ4v) is 1.76. The van der Waals surface area contributed by atoms with Crippen molar-refractivity contribution in [1.29, 1.82) is 0 Å². The number of aromatic nitrogens is 2. The molecule has 0 radical (unpaired) electrons. The number of nitro groups is 1. The van der Waals surface area contributed by atoms with E-state index in [9.17, 15) is 10.1 Å². The molecule has 0 fully saturated rings. The average molecular weight is 262 g/mol. The Balaban J connectivity index is 2.63. The quantitative estimate of drug-likeness (QED) is 0.464. The average Bonchev–Trinajstić information content (AvgIpc) is 2.62. The summed E-state index contributed by atoms with van der Waals surface area (Å²) in [6.45, 7) is 2.80. The number of halogens is 1. The lowest BCUT2D eigenvalue weighted by Crippen LogP contribution is -2.11. The van der Waals surface area contributed by atoms with Gasteiger partial charge in [0, 0.05) is 11.9 Å². The van der Waals surface area contributed by atoms with E-state index < -0.39 is 4.92 Å². The number of hydrogen-bond donors (Lipinski definition) is 0. The molecule has 0 aliphatic heterocycles. The second kappa shape index (κ2) is 5.09. The lowest BCUT2D eigenvalue weighted by Gasteiger charge is -2.09. The summed E-state index contributed by atoms with van der Waals surface area (Å²) in [6.07, 6.45) is 3.77. The maximum absolute atomic E-state index is 10.4. The number of rotatable bonds is 5. The van der Waals surface area contributed by atoms with Gasteiger partial charge in [-0.2, -0.15) is 5.10 Å². The topological polar surface area (TPSA) is 61.0 Å². The minimum atomic E-state index is -0.432. The van der Waals surface area contributed by atoms with Gasteiger partial charge in [0.25, 0.3) is 0 Å². The zero-order valence-electron chi connectivity index (χ0n) is 7.89. The fourth-order valence-electron chi connectivity index (χ4n) is 1.10. The van der Waals surface area contributed by atoms with Crippen LogP contribution in [0.1, 0.15) is 13.3 Å². The van der Waals surface area contributed by atoms with Gasteiger partial charge in [-0.3, -0.25) is 14.8 Å². The van der Waals surface area contributed by atoms with Crippen LogP contribution in [-0.2, 0) is 6.54 Å². The van der Waals surface area contributed by atoms with Crippen LogP contribution in [0, 0.1) is 16.0 Å².